The monoisotopic (exact) mass is 217 g/mol. The van der Waals surface area contributed by atoms with E-state index in [-0.39, 0.29) is 18.1 Å². The van der Waals surface area contributed by atoms with E-state index in [1.807, 2.05) is 27.7 Å². The molecule has 1 aliphatic rings. The van der Waals surface area contributed by atoms with Gasteiger partial charge in [-0.3, -0.25) is 0 Å². The molecule has 1 heterocycles. The maximum absolute atomic E-state index is 9.07. The van der Waals surface area contributed by atoms with Crippen LogP contribution < -0.4 is 5.32 Å². The van der Waals surface area contributed by atoms with Crippen LogP contribution in [-0.2, 0) is 9.47 Å². The minimum Gasteiger partial charge on any atom is -0.396 e. The highest BCUT2D eigenvalue weighted by Gasteiger charge is 2.32. The largest absolute Gasteiger partial charge is 0.396 e. The predicted molar refractivity (Wildman–Crippen MR) is 58.6 cm³/mol. The van der Waals surface area contributed by atoms with Gasteiger partial charge in [0.1, 0.15) is 0 Å². The van der Waals surface area contributed by atoms with Crippen molar-refractivity contribution in [1.82, 2.24) is 5.32 Å². The molecule has 2 N–H and O–H groups in total. The SMILES string of the molecule is CC(C)(CO)CNCC1COC(C)(C)O1. The average Bonchev–Trinajstić information content (AvgIpc) is 2.45. The molecule has 1 unspecified atom stereocenters. The molecule has 0 spiro atoms. The van der Waals surface area contributed by atoms with E-state index in [0.717, 1.165) is 13.1 Å². The number of hydrogen-bond acceptors (Lipinski definition) is 4. The summed E-state index contributed by atoms with van der Waals surface area (Å²) in [7, 11) is 0. The van der Waals surface area contributed by atoms with E-state index in [2.05, 4.69) is 5.32 Å². The van der Waals surface area contributed by atoms with Gasteiger partial charge >= 0.3 is 0 Å². The lowest BCUT2D eigenvalue weighted by molar-refractivity contribution is -0.137. The lowest BCUT2D eigenvalue weighted by atomic mass is 9.95. The lowest BCUT2D eigenvalue weighted by Gasteiger charge is -2.23. The van der Waals surface area contributed by atoms with Crippen LogP contribution in [0.15, 0.2) is 0 Å². The molecule has 0 aromatic heterocycles. The number of aliphatic hydroxyl groups excluding tert-OH is 1. The maximum Gasteiger partial charge on any atom is 0.163 e. The van der Waals surface area contributed by atoms with Crippen molar-refractivity contribution in [2.75, 3.05) is 26.3 Å². The van der Waals surface area contributed by atoms with Crippen molar-refractivity contribution in [1.29, 1.82) is 0 Å². The van der Waals surface area contributed by atoms with Gasteiger partial charge in [-0.1, -0.05) is 13.8 Å². The molecule has 0 saturated carbocycles. The summed E-state index contributed by atoms with van der Waals surface area (Å²) in [5.74, 6) is -0.446. The summed E-state index contributed by atoms with van der Waals surface area (Å²) in [5, 5.41) is 12.4. The second-order valence-electron chi connectivity index (χ2n) is 5.40. The van der Waals surface area contributed by atoms with E-state index in [1.165, 1.54) is 0 Å². The Morgan fingerprint density at radius 2 is 2.13 bits per heavy atom. The average molecular weight is 217 g/mol. The molecule has 1 rings (SSSR count). The third-order valence-corrected chi connectivity index (χ3v) is 2.47. The molecule has 1 fully saturated rings. The normalized spacial score (nSPS) is 25.8. The van der Waals surface area contributed by atoms with Crippen LogP contribution in [0.25, 0.3) is 0 Å². The summed E-state index contributed by atoms with van der Waals surface area (Å²) in [6.45, 7) is 10.3. The van der Waals surface area contributed by atoms with Crippen molar-refractivity contribution in [3.63, 3.8) is 0 Å². The molecule has 1 aliphatic heterocycles. The number of hydrogen-bond donors (Lipinski definition) is 2. The minimum atomic E-state index is -0.446. The van der Waals surface area contributed by atoms with Crippen LogP contribution in [0.4, 0.5) is 0 Å². The predicted octanol–water partition coefficient (Wildman–Crippen LogP) is 0.746. The van der Waals surface area contributed by atoms with Crippen molar-refractivity contribution < 1.29 is 14.6 Å². The van der Waals surface area contributed by atoms with Crippen LogP contribution in [0.3, 0.4) is 0 Å². The molecule has 0 radical (unpaired) electrons. The summed E-state index contributed by atoms with van der Waals surface area (Å²) < 4.78 is 11.1. The first kappa shape index (κ1) is 12.9. The Morgan fingerprint density at radius 1 is 1.47 bits per heavy atom. The van der Waals surface area contributed by atoms with E-state index >= 15 is 0 Å². The lowest BCUT2D eigenvalue weighted by Crippen LogP contribution is -2.37. The Labute approximate surface area is 92.0 Å². The number of aliphatic hydroxyl groups is 1. The zero-order valence-corrected chi connectivity index (χ0v) is 10.2. The fourth-order valence-corrected chi connectivity index (χ4v) is 1.49. The standard InChI is InChI=1S/C11H23NO3/c1-10(2,8-13)7-12-5-9-6-14-11(3,4)15-9/h9,12-13H,5-8H2,1-4H3. The van der Waals surface area contributed by atoms with Crippen LogP contribution in [0.2, 0.25) is 0 Å². The second kappa shape index (κ2) is 4.78. The van der Waals surface area contributed by atoms with E-state index < -0.39 is 5.79 Å². The summed E-state index contributed by atoms with van der Waals surface area (Å²) in [5.41, 5.74) is -0.0744. The molecule has 90 valence electrons. The highest BCUT2D eigenvalue weighted by Crippen LogP contribution is 2.21. The summed E-state index contributed by atoms with van der Waals surface area (Å²) in [6.07, 6.45) is 0.120. The fourth-order valence-electron chi connectivity index (χ4n) is 1.49. The van der Waals surface area contributed by atoms with Crippen LogP contribution in [0, 0.1) is 5.41 Å². The topological polar surface area (TPSA) is 50.7 Å². The maximum atomic E-state index is 9.07. The van der Waals surface area contributed by atoms with Crippen LogP contribution in [-0.4, -0.2) is 43.3 Å². The summed E-state index contributed by atoms with van der Waals surface area (Å²) >= 11 is 0. The van der Waals surface area contributed by atoms with Gasteiger partial charge in [0.15, 0.2) is 5.79 Å². The molecule has 0 aromatic rings. The van der Waals surface area contributed by atoms with E-state index in [9.17, 15) is 0 Å². The Balaban J connectivity index is 2.17. The summed E-state index contributed by atoms with van der Waals surface area (Å²) in [6, 6.07) is 0. The van der Waals surface area contributed by atoms with Gasteiger partial charge in [0.2, 0.25) is 0 Å². The van der Waals surface area contributed by atoms with Gasteiger partial charge in [-0.15, -0.1) is 0 Å². The Kier molecular flexibility index (Phi) is 4.12. The van der Waals surface area contributed by atoms with Crippen molar-refractivity contribution in [3.05, 3.63) is 0 Å². The Hall–Kier alpha value is -0.160. The van der Waals surface area contributed by atoms with Crippen LogP contribution in [0.1, 0.15) is 27.7 Å². The van der Waals surface area contributed by atoms with E-state index in [1.54, 1.807) is 0 Å². The first-order chi connectivity index (χ1) is 6.85. The minimum absolute atomic E-state index is 0.0744. The van der Waals surface area contributed by atoms with Crippen molar-refractivity contribution in [3.8, 4) is 0 Å². The van der Waals surface area contributed by atoms with E-state index in [4.69, 9.17) is 14.6 Å². The molecule has 0 aliphatic carbocycles. The van der Waals surface area contributed by atoms with Crippen molar-refractivity contribution in [2.45, 2.75) is 39.6 Å². The molecule has 1 saturated heterocycles. The van der Waals surface area contributed by atoms with Gasteiger partial charge in [-0.25, -0.2) is 0 Å². The fraction of sp³-hybridized carbons (Fsp3) is 1.00. The van der Waals surface area contributed by atoms with Crippen LogP contribution in [0.5, 0.6) is 0 Å². The molecule has 0 bridgehead atoms. The van der Waals surface area contributed by atoms with Crippen LogP contribution >= 0.6 is 0 Å². The highest BCUT2D eigenvalue weighted by atomic mass is 16.7. The highest BCUT2D eigenvalue weighted by molar-refractivity contribution is 4.75. The van der Waals surface area contributed by atoms with Gasteiger partial charge in [-0.05, 0) is 13.8 Å². The van der Waals surface area contributed by atoms with Gasteiger partial charge in [0.25, 0.3) is 0 Å². The van der Waals surface area contributed by atoms with Gasteiger partial charge in [0.05, 0.1) is 12.7 Å². The Bertz CT molecular complexity index is 204. The molecule has 4 nitrogen and oxygen atoms in total. The number of ether oxygens (including phenoxy) is 2. The number of nitrogens with one attached hydrogen (secondary N) is 1. The molecule has 4 heteroatoms. The third-order valence-electron chi connectivity index (χ3n) is 2.47. The second-order valence-corrected chi connectivity index (χ2v) is 5.40. The smallest absolute Gasteiger partial charge is 0.163 e. The first-order valence-electron chi connectivity index (χ1n) is 5.48. The molecule has 0 aromatic carbocycles. The van der Waals surface area contributed by atoms with Gasteiger partial charge in [-0.2, -0.15) is 0 Å². The molecule has 15 heavy (non-hydrogen) atoms. The summed E-state index contributed by atoms with van der Waals surface area (Å²) in [4.78, 5) is 0. The Morgan fingerprint density at radius 3 is 2.60 bits per heavy atom. The van der Waals surface area contributed by atoms with Crippen molar-refractivity contribution in [2.24, 2.45) is 5.41 Å². The van der Waals surface area contributed by atoms with Gasteiger partial charge in [0, 0.05) is 25.1 Å². The van der Waals surface area contributed by atoms with Crippen molar-refractivity contribution >= 4 is 0 Å². The van der Waals surface area contributed by atoms with E-state index in [0.29, 0.717) is 6.61 Å². The van der Waals surface area contributed by atoms with Gasteiger partial charge < -0.3 is 19.9 Å². The quantitative estimate of drug-likeness (QED) is 0.713. The molecular formula is C11H23NO3. The third kappa shape index (κ3) is 4.47. The number of rotatable bonds is 5. The first-order valence-corrected chi connectivity index (χ1v) is 5.48. The molecule has 1 atom stereocenters. The zero-order chi connectivity index (χ0) is 11.5. The molecular weight excluding hydrogens is 194 g/mol. The molecule has 0 amide bonds. The zero-order valence-electron chi connectivity index (χ0n) is 10.2.